The number of carbonyl (C=O) groups excluding carboxylic acids is 1. The molecule has 1 aliphatic rings. The number of anilines is 2. The lowest BCUT2D eigenvalue weighted by Gasteiger charge is -2.20. The first-order valence-corrected chi connectivity index (χ1v) is 10.5. The van der Waals surface area contributed by atoms with Gasteiger partial charge in [0.1, 0.15) is 12.4 Å². The molecule has 0 spiro atoms. The number of likely N-dealkylation sites (N-methyl/N-ethyl adjacent to an activating group) is 1. The van der Waals surface area contributed by atoms with E-state index < -0.39 is 0 Å². The first kappa shape index (κ1) is 21.2. The zero-order chi connectivity index (χ0) is 20.8. The van der Waals surface area contributed by atoms with Crippen molar-refractivity contribution in [2.45, 2.75) is 33.6 Å². The molecule has 5 nitrogen and oxygen atoms in total. The predicted octanol–water partition coefficient (Wildman–Crippen LogP) is 4.16. The molecule has 0 aliphatic carbocycles. The Morgan fingerprint density at radius 3 is 2.41 bits per heavy atom. The molecule has 29 heavy (non-hydrogen) atoms. The normalized spacial score (nSPS) is 13.8. The molecule has 0 bridgehead atoms. The fourth-order valence-corrected chi connectivity index (χ4v) is 3.81. The van der Waals surface area contributed by atoms with Gasteiger partial charge in [-0.3, -0.25) is 9.69 Å². The third-order valence-electron chi connectivity index (χ3n) is 5.31. The highest BCUT2D eigenvalue weighted by Crippen LogP contribution is 2.25. The van der Waals surface area contributed by atoms with Crippen LogP contribution in [0.5, 0.6) is 5.75 Å². The third kappa shape index (κ3) is 6.23. The van der Waals surface area contributed by atoms with Gasteiger partial charge in [-0.15, -0.1) is 0 Å². The fraction of sp³-hybridized carbons (Fsp3) is 0.458. The monoisotopic (exact) mass is 395 g/mol. The van der Waals surface area contributed by atoms with E-state index in [1.807, 2.05) is 30.1 Å². The molecular weight excluding hydrogens is 362 g/mol. The standard InChI is InChI=1S/C24H33N3O2/c1-18-13-19(2)15-22(14-18)29-12-11-26(4)17-24(28)25-23-8-7-21(16-20(23)3)27-9-5-6-10-27/h7-8,13-16H,5-6,9-12,17H2,1-4H3,(H,25,28). The Kier molecular flexibility index (Phi) is 7.15. The molecule has 156 valence electrons. The number of hydrogen-bond donors (Lipinski definition) is 1. The van der Waals surface area contributed by atoms with Crippen molar-refractivity contribution in [1.82, 2.24) is 4.90 Å². The van der Waals surface area contributed by atoms with E-state index in [1.165, 1.54) is 29.7 Å². The number of aryl methyl sites for hydroxylation is 3. The number of hydrogen-bond acceptors (Lipinski definition) is 4. The second-order valence-electron chi connectivity index (χ2n) is 8.15. The summed E-state index contributed by atoms with van der Waals surface area (Å²) in [6, 6.07) is 12.5. The van der Waals surface area contributed by atoms with E-state index in [9.17, 15) is 4.79 Å². The van der Waals surface area contributed by atoms with Crippen LogP contribution in [0, 0.1) is 20.8 Å². The zero-order valence-corrected chi connectivity index (χ0v) is 18.1. The summed E-state index contributed by atoms with van der Waals surface area (Å²) in [4.78, 5) is 16.8. The van der Waals surface area contributed by atoms with Crippen molar-refractivity contribution in [3.05, 3.63) is 53.1 Å². The van der Waals surface area contributed by atoms with E-state index in [-0.39, 0.29) is 5.91 Å². The van der Waals surface area contributed by atoms with Crippen LogP contribution in [-0.4, -0.2) is 50.6 Å². The van der Waals surface area contributed by atoms with Gasteiger partial charge in [-0.25, -0.2) is 0 Å². The molecule has 1 amide bonds. The summed E-state index contributed by atoms with van der Waals surface area (Å²) in [6.07, 6.45) is 2.52. The van der Waals surface area contributed by atoms with Gasteiger partial charge < -0.3 is 15.0 Å². The lowest BCUT2D eigenvalue weighted by Crippen LogP contribution is -2.33. The Morgan fingerprint density at radius 1 is 1.07 bits per heavy atom. The van der Waals surface area contributed by atoms with Crippen molar-refractivity contribution >= 4 is 17.3 Å². The maximum atomic E-state index is 12.4. The van der Waals surface area contributed by atoms with E-state index >= 15 is 0 Å². The molecule has 1 aliphatic heterocycles. The molecule has 1 N–H and O–H groups in total. The van der Waals surface area contributed by atoms with E-state index in [0.717, 1.165) is 30.1 Å². The van der Waals surface area contributed by atoms with Crippen molar-refractivity contribution < 1.29 is 9.53 Å². The van der Waals surface area contributed by atoms with Crippen LogP contribution in [0.3, 0.4) is 0 Å². The van der Waals surface area contributed by atoms with Gasteiger partial charge in [-0.05, 0) is 87.7 Å². The lowest BCUT2D eigenvalue weighted by molar-refractivity contribution is -0.117. The highest BCUT2D eigenvalue weighted by Gasteiger charge is 2.14. The van der Waals surface area contributed by atoms with Crippen molar-refractivity contribution in [1.29, 1.82) is 0 Å². The average molecular weight is 396 g/mol. The van der Waals surface area contributed by atoms with E-state index in [0.29, 0.717) is 19.7 Å². The minimum Gasteiger partial charge on any atom is -0.492 e. The molecule has 2 aromatic carbocycles. The van der Waals surface area contributed by atoms with Crippen LogP contribution in [0.15, 0.2) is 36.4 Å². The quantitative estimate of drug-likeness (QED) is 0.729. The molecule has 2 aromatic rings. The van der Waals surface area contributed by atoms with Crippen molar-refractivity contribution in [3.63, 3.8) is 0 Å². The number of benzene rings is 2. The molecule has 0 aromatic heterocycles. The topological polar surface area (TPSA) is 44.8 Å². The van der Waals surface area contributed by atoms with E-state index in [4.69, 9.17) is 4.74 Å². The summed E-state index contributed by atoms with van der Waals surface area (Å²) in [6.45, 7) is 10.0. The van der Waals surface area contributed by atoms with E-state index in [2.05, 4.69) is 49.2 Å². The van der Waals surface area contributed by atoms with Crippen LogP contribution in [0.1, 0.15) is 29.5 Å². The summed E-state index contributed by atoms with van der Waals surface area (Å²) in [7, 11) is 1.94. The number of ether oxygens (including phenoxy) is 1. The minimum atomic E-state index is -0.00378. The zero-order valence-electron chi connectivity index (χ0n) is 18.1. The van der Waals surface area contributed by atoms with Crippen LogP contribution in [-0.2, 0) is 4.79 Å². The Bertz CT molecular complexity index is 824. The number of nitrogens with zero attached hydrogens (tertiary/aromatic N) is 2. The van der Waals surface area contributed by atoms with Gasteiger partial charge in [0.25, 0.3) is 0 Å². The van der Waals surface area contributed by atoms with Crippen LogP contribution in [0.4, 0.5) is 11.4 Å². The van der Waals surface area contributed by atoms with Crippen LogP contribution >= 0.6 is 0 Å². The van der Waals surface area contributed by atoms with Crippen molar-refractivity contribution in [2.75, 3.05) is 50.1 Å². The van der Waals surface area contributed by atoms with Gasteiger partial charge >= 0.3 is 0 Å². The molecule has 5 heteroatoms. The van der Waals surface area contributed by atoms with Crippen LogP contribution in [0.2, 0.25) is 0 Å². The minimum absolute atomic E-state index is 0.00378. The Labute approximate surface area is 174 Å². The summed E-state index contributed by atoms with van der Waals surface area (Å²) < 4.78 is 5.84. The van der Waals surface area contributed by atoms with Crippen molar-refractivity contribution in [3.8, 4) is 5.75 Å². The molecule has 0 unspecified atom stereocenters. The number of rotatable bonds is 8. The number of carbonyl (C=O) groups is 1. The molecule has 1 heterocycles. The first-order chi connectivity index (χ1) is 13.9. The summed E-state index contributed by atoms with van der Waals surface area (Å²) in [5.41, 5.74) is 5.62. The SMILES string of the molecule is Cc1cc(C)cc(OCCN(C)CC(=O)Nc2ccc(N3CCCC3)cc2C)c1. The second-order valence-corrected chi connectivity index (χ2v) is 8.15. The highest BCUT2D eigenvalue weighted by atomic mass is 16.5. The molecule has 0 radical (unpaired) electrons. The molecule has 0 saturated carbocycles. The van der Waals surface area contributed by atoms with Crippen LogP contribution in [0.25, 0.3) is 0 Å². The Hall–Kier alpha value is -2.53. The second kappa shape index (κ2) is 9.79. The van der Waals surface area contributed by atoms with Gasteiger partial charge in [-0.1, -0.05) is 6.07 Å². The Balaban J connectivity index is 1.44. The molecule has 3 rings (SSSR count). The number of nitrogens with one attached hydrogen (secondary N) is 1. The maximum Gasteiger partial charge on any atom is 0.238 e. The van der Waals surface area contributed by atoms with Crippen LogP contribution < -0.4 is 15.0 Å². The number of amides is 1. The largest absolute Gasteiger partial charge is 0.492 e. The highest BCUT2D eigenvalue weighted by molar-refractivity contribution is 5.93. The predicted molar refractivity (Wildman–Crippen MR) is 120 cm³/mol. The summed E-state index contributed by atoms with van der Waals surface area (Å²) >= 11 is 0. The third-order valence-corrected chi connectivity index (χ3v) is 5.31. The summed E-state index contributed by atoms with van der Waals surface area (Å²) in [5.74, 6) is 0.880. The lowest BCUT2D eigenvalue weighted by atomic mass is 10.1. The summed E-state index contributed by atoms with van der Waals surface area (Å²) in [5, 5.41) is 3.04. The van der Waals surface area contributed by atoms with Gasteiger partial charge in [0.05, 0.1) is 6.54 Å². The fourth-order valence-electron chi connectivity index (χ4n) is 3.81. The van der Waals surface area contributed by atoms with E-state index in [1.54, 1.807) is 0 Å². The van der Waals surface area contributed by atoms with Gasteiger partial charge in [0, 0.05) is 31.0 Å². The molecule has 1 saturated heterocycles. The molecule has 0 atom stereocenters. The van der Waals surface area contributed by atoms with Gasteiger partial charge in [0.2, 0.25) is 5.91 Å². The molecular formula is C24H33N3O2. The van der Waals surface area contributed by atoms with Crippen molar-refractivity contribution in [2.24, 2.45) is 0 Å². The van der Waals surface area contributed by atoms with Gasteiger partial charge in [0.15, 0.2) is 0 Å². The first-order valence-electron chi connectivity index (χ1n) is 10.5. The van der Waals surface area contributed by atoms with Gasteiger partial charge in [-0.2, -0.15) is 0 Å². The molecule has 1 fully saturated rings. The average Bonchev–Trinajstić information content (AvgIpc) is 3.17. The Morgan fingerprint density at radius 2 is 1.76 bits per heavy atom. The smallest absolute Gasteiger partial charge is 0.238 e. The maximum absolute atomic E-state index is 12.4.